The van der Waals surface area contributed by atoms with Crippen LogP contribution in [0.1, 0.15) is 27.1 Å². The Morgan fingerprint density at radius 1 is 1.20 bits per heavy atom. The summed E-state index contributed by atoms with van der Waals surface area (Å²) in [6, 6.07) is 7.55. The van der Waals surface area contributed by atoms with Gasteiger partial charge < -0.3 is 30.6 Å². The number of nitrogens with two attached hydrogens (primary N) is 1. The summed E-state index contributed by atoms with van der Waals surface area (Å²) in [5, 5.41) is 5.90. The van der Waals surface area contributed by atoms with Crippen molar-refractivity contribution in [3.05, 3.63) is 46.5 Å². The maximum Gasteiger partial charge on any atom is 0.337 e. The fraction of sp³-hybridized carbons (Fsp3) is 0.391. The molecule has 2 atom stereocenters. The first-order valence-electron chi connectivity index (χ1n) is 10.8. The zero-order valence-electron chi connectivity index (χ0n) is 19.7. The third kappa shape index (κ3) is 6.59. The first-order valence-corrected chi connectivity index (χ1v) is 11.2. The van der Waals surface area contributed by atoms with Crippen molar-refractivity contribution in [1.82, 2.24) is 15.2 Å². The summed E-state index contributed by atoms with van der Waals surface area (Å²) < 4.78 is 15.4. The van der Waals surface area contributed by atoms with Gasteiger partial charge in [-0.3, -0.25) is 14.5 Å². The molecular formula is C23H28ClN5O6. The number of ether oxygens (including phenoxy) is 3. The number of halogens is 1. The number of hydrogen-bond donors (Lipinski definition) is 3. The molecule has 1 aromatic heterocycles. The molecule has 0 radical (unpaired) electrons. The van der Waals surface area contributed by atoms with E-state index in [0.717, 1.165) is 0 Å². The standard InChI is InChI=1S/C23H28ClN5O6/c1-33-18-11-29(12-19(30)26-14-6-4-13(5-7-14)23(32)35-3)9-8-17(18)27-21(31)15-10-16(24)20(25)28-22(15)34-2/h4-7,10,17-18H,8-9,11-12H2,1-3H3,(H2,25,28)(H,26,30)(H,27,31)/t17-,18+/m1/s1. The summed E-state index contributed by atoms with van der Waals surface area (Å²) in [6.07, 6.45) is 0.215. The van der Waals surface area contributed by atoms with E-state index >= 15 is 0 Å². The molecule has 11 nitrogen and oxygen atoms in total. The molecule has 2 heterocycles. The molecule has 1 saturated heterocycles. The Hall–Kier alpha value is -3.41. The van der Waals surface area contributed by atoms with E-state index in [1.165, 1.54) is 20.3 Å². The topological polar surface area (TPSA) is 145 Å². The summed E-state index contributed by atoms with van der Waals surface area (Å²) in [6.45, 7) is 1.15. The third-order valence-corrected chi connectivity index (χ3v) is 5.93. The predicted molar refractivity (Wildman–Crippen MR) is 130 cm³/mol. The SMILES string of the molecule is COC(=O)c1ccc(NC(=O)CN2CC[C@@H](NC(=O)c3cc(Cl)c(N)nc3OC)[C@@H](OC)C2)cc1. The molecule has 0 bridgehead atoms. The van der Waals surface area contributed by atoms with Crippen LogP contribution in [0.25, 0.3) is 0 Å². The highest BCUT2D eigenvalue weighted by atomic mass is 35.5. The van der Waals surface area contributed by atoms with Crippen LogP contribution >= 0.6 is 11.6 Å². The number of piperidine rings is 1. The smallest absolute Gasteiger partial charge is 0.337 e. The van der Waals surface area contributed by atoms with Crippen molar-refractivity contribution >= 4 is 40.9 Å². The highest BCUT2D eigenvalue weighted by Crippen LogP contribution is 2.25. The molecule has 35 heavy (non-hydrogen) atoms. The third-order valence-electron chi connectivity index (χ3n) is 5.63. The largest absolute Gasteiger partial charge is 0.480 e. The zero-order chi connectivity index (χ0) is 25.5. The molecular weight excluding hydrogens is 478 g/mol. The van der Waals surface area contributed by atoms with Crippen molar-refractivity contribution in [1.29, 1.82) is 0 Å². The quantitative estimate of drug-likeness (QED) is 0.455. The lowest BCUT2D eigenvalue weighted by atomic mass is 10.0. The van der Waals surface area contributed by atoms with Gasteiger partial charge in [0.05, 0.1) is 43.5 Å². The number of pyridine rings is 1. The summed E-state index contributed by atoms with van der Waals surface area (Å²) in [7, 11) is 4.25. The molecule has 2 aromatic rings. The van der Waals surface area contributed by atoms with Crippen molar-refractivity contribution in [2.24, 2.45) is 0 Å². The van der Waals surface area contributed by atoms with Gasteiger partial charge in [-0.15, -0.1) is 0 Å². The van der Waals surface area contributed by atoms with Gasteiger partial charge in [0, 0.05) is 25.9 Å². The number of nitrogens with one attached hydrogen (secondary N) is 2. The number of amides is 2. The van der Waals surface area contributed by atoms with Gasteiger partial charge in [0.1, 0.15) is 11.4 Å². The van der Waals surface area contributed by atoms with Crippen LogP contribution in [-0.2, 0) is 14.3 Å². The van der Waals surface area contributed by atoms with E-state index in [1.54, 1.807) is 31.4 Å². The number of likely N-dealkylation sites (tertiary alicyclic amines) is 1. The number of methoxy groups -OCH3 is 3. The molecule has 188 valence electrons. The first kappa shape index (κ1) is 26.2. The number of carbonyl (C=O) groups excluding carboxylic acids is 3. The summed E-state index contributed by atoms with van der Waals surface area (Å²) >= 11 is 6.03. The Morgan fingerprint density at radius 3 is 2.54 bits per heavy atom. The molecule has 0 spiro atoms. The van der Waals surface area contributed by atoms with Gasteiger partial charge in [-0.25, -0.2) is 4.79 Å². The maximum absolute atomic E-state index is 12.9. The van der Waals surface area contributed by atoms with Crippen LogP contribution in [-0.4, -0.2) is 80.8 Å². The number of esters is 1. The zero-order valence-corrected chi connectivity index (χ0v) is 20.4. The number of hydrogen-bond acceptors (Lipinski definition) is 9. The van der Waals surface area contributed by atoms with Gasteiger partial charge in [0.25, 0.3) is 5.91 Å². The number of benzene rings is 1. The molecule has 0 aliphatic carbocycles. The second-order valence-electron chi connectivity index (χ2n) is 7.91. The van der Waals surface area contributed by atoms with E-state index < -0.39 is 11.9 Å². The Labute approximate surface area is 207 Å². The fourth-order valence-corrected chi connectivity index (χ4v) is 3.94. The van der Waals surface area contributed by atoms with Crippen molar-refractivity contribution < 1.29 is 28.6 Å². The van der Waals surface area contributed by atoms with Crippen molar-refractivity contribution in [2.75, 3.05) is 52.0 Å². The van der Waals surface area contributed by atoms with Crippen LogP contribution in [0.3, 0.4) is 0 Å². The average Bonchev–Trinajstić information content (AvgIpc) is 2.86. The van der Waals surface area contributed by atoms with Gasteiger partial charge in [0.2, 0.25) is 11.8 Å². The molecule has 0 saturated carbocycles. The van der Waals surface area contributed by atoms with Gasteiger partial charge in [-0.1, -0.05) is 11.6 Å². The molecule has 1 aliphatic heterocycles. The molecule has 4 N–H and O–H groups in total. The maximum atomic E-state index is 12.9. The van der Waals surface area contributed by atoms with E-state index in [1.807, 2.05) is 4.90 Å². The normalized spacial score (nSPS) is 17.9. The minimum atomic E-state index is -0.447. The highest BCUT2D eigenvalue weighted by Gasteiger charge is 2.32. The number of aromatic nitrogens is 1. The van der Waals surface area contributed by atoms with Crippen LogP contribution in [0.4, 0.5) is 11.5 Å². The van der Waals surface area contributed by atoms with Crippen LogP contribution in [0, 0.1) is 0 Å². The second kappa shape index (κ2) is 11.8. The molecule has 1 fully saturated rings. The van der Waals surface area contributed by atoms with Gasteiger partial charge in [-0.05, 0) is 36.8 Å². The summed E-state index contributed by atoms with van der Waals surface area (Å²) in [4.78, 5) is 42.9. The molecule has 2 amide bonds. The minimum Gasteiger partial charge on any atom is -0.480 e. The number of carbonyl (C=O) groups is 3. The van der Waals surface area contributed by atoms with Gasteiger partial charge in [0.15, 0.2) is 0 Å². The predicted octanol–water partition coefficient (Wildman–Crippen LogP) is 1.57. The number of nitrogen functional groups attached to an aromatic ring is 1. The lowest BCUT2D eigenvalue weighted by Crippen LogP contribution is -2.55. The van der Waals surface area contributed by atoms with Crippen molar-refractivity contribution in [2.45, 2.75) is 18.6 Å². The van der Waals surface area contributed by atoms with Crippen LogP contribution < -0.4 is 21.1 Å². The van der Waals surface area contributed by atoms with Crippen molar-refractivity contribution in [3.8, 4) is 5.88 Å². The summed E-state index contributed by atoms with van der Waals surface area (Å²) in [5.74, 6) is -0.920. The lowest BCUT2D eigenvalue weighted by Gasteiger charge is -2.37. The minimum absolute atomic E-state index is 0.0702. The van der Waals surface area contributed by atoms with E-state index in [9.17, 15) is 14.4 Å². The fourth-order valence-electron chi connectivity index (χ4n) is 3.79. The molecule has 1 aliphatic rings. The Balaban J connectivity index is 1.56. The Kier molecular flexibility index (Phi) is 8.85. The van der Waals surface area contributed by atoms with E-state index in [4.69, 9.17) is 26.8 Å². The second-order valence-corrected chi connectivity index (χ2v) is 8.31. The first-order chi connectivity index (χ1) is 16.7. The number of nitrogens with zero attached hydrogens (tertiary/aromatic N) is 2. The highest BCUT2D eigenvalue weighted by molar-refractivity contribution is 6.33. The molecule has 1 aromatic carbocycles. The lowest BCUT2D eigenvalue weighted by molar-refractivity contribution is -0.118. The van der Waals surface area contributed by atoms with Crippen LogP contribution in [0.15, 0.2) is 30.3 Å². The van der Waals surface area contributed by atoms with E-state index in [-0.39, 0.29) is 46.9 Å². The molecule has 0 unspecified atom stereocenters. The molecule has 12 heteroatoms. The Bertz CT molecular complexity index is 1080. The number of anilines is 2. The van der Waals surface area contributed by atoms with E-state index in [0.29, 0.717) is 30.8 Å². The van der Waals surface area contributed by atoms with Crippen LogP contribution in [0.5, 0.6) is 5.88 Å². The Morgan fingerprint density at radius 2 is 1.91 bits per heavy atom. The molecule has 3 rings (SSSR count). The van der Waals surface area contributed by atoms with E-state index in [2.05, 4.69) is 20.4 Å². The average molecular weight is 506 g/mol. The van der Waals surface area contributed by atoms with Gasteiger partial charge >= 0.3 is 5.97 Å². The summed E-state index contributed by atoms with van der Waals surface area (Å²) in [5.41, 5.74) is 6.82. The number of rotatable bonds is 8. The monoisotopic (exact) mass is 505 g/mol. The van der Waals surface area contributed by atoms with Crippen molar-refractivity contribution in [3.63, 3.8) is 0 Å². The van der Waals surface area contributed by atoms with Crippen LogP contribution in [0.2, 0.25) is 5.02 Å². The van der Waals surface area contributed by atoms with Gasteiger partial charge in [-0.2, -0.15) is 4.98 Å².